The first-order valence-electron chi connectivity index (χ1n) is 19.4. The summed E-state index contributed by atoms with van der Waals surface area (Å²) in [6.07, 6.45) is 3.55. The molecule has 270 valence electrons. The van der Waals surface area contributed by atoms with Gasteiger partial charge in [0.1, 0.15) is 5.58 Å². The minimum Gasteiger partial charge on any atom is -0.454 e. The summed E-state index contributed by atoms with van der Waals surface area (Å²) in [5.41, 5.74) is 9.63. The van der Waals surface area contributed by atoms with E-state index in [2.05, 4.69) is 161 Å². The number of hydrogen-bond acceptors (Lipinski definition) is 5. The molecule has 12 rings (SSSR count). The van der Waals surface area contributed by atoms with Crippen molar-refractivity contribution in [3.05, 3.63) is 188 Å². The Morgan fingerprint density at radius 2 is 1.10 bits per heavy atom. The van der Waals surface area contributed by atoms with Crippen LogP contribution in [-0.4, -0.2) is 24.5 Å². The quantitative estimate of drug-likeness (QED) is 0.176. The third kappa shape index (κ3) is 5.12. The standard InChI is InChI=1S/C52H31N5O/c1-2-10-32(11-3-1)35-22-20-33-21-23-37(29-38(33)28-35)51-54-50(55-52(56-51)44-18-9-17-42-41-26-27-53-31-47(41)58-49(42)44)36-13-8-14-39(30-36)57-45-19-7-6-16-43(45)48-40-15-5-4-12-34(40)24-25-46(48)57/h1-31H. The van der Waals surface area contributed by atoms with Crippen molar-refractivity contribution in [3.63, 3.8) is 0 Å². The van der Waals surface area contributed by atoms with E-state index in [1.807, 2.05) is 24.3 Å². The summed E-state index contributed by atoms with van der Waals surface area (Å²) >= 11 is 0. The van der Waals surface area contributed by atoms with Crippen LogP contribution in [0.4, 0.5) is 0 Å². The second-order valence-electron chi connectivity index (χ2n) is 14.7. The number of para-hydroxylation sites is 2. The summed E-state index contributed by atoms with van der Waals surface area (Å²) in [6, 6.07) is 61.8. The predicted octanol–water partition coefficient (Wildman–Crippen LogP) is 13.2. The number of benzene rings is 8. The number of fused-ring (bicyclic) bond motifs is 9. The van der Waals surface area contributed by atoms with Crippen LogP contribution in [0.2, 0.25) is 0 Å². The van der Waals surface area contributed by atoms with E-state index in [0.717, 1.165) is 66.1 Å². The first-order valence-corrected chi connectivity index (χ1v) is 19.4. The maximum atomic E-state index is 6.46. The van der Waals surface area contributed by atoms with Gasteiger partial charge in [0, 0.05) is 44.6 Å². The number of rotatable bonds is 5. The molecule has 6 heteroatoms. The molecule has 12 aromatic rings. The molecule has 0 unspecified atom stereocenters. The van der Waals surface area contributed by atoms with Gasteiger partial charge in [0.2, 0.25) is 0 Å². The highest BCUT2D eigenvalue weighted by atomic mass is 16.3. The summed E-state index contributed by atoms with van der Waals surface area (Å²) < 4.78 is 8.80. The molecule has 0 spiro atoms. The summed E-state index contributed by atoms with van der Waals surface area (Å²) in [5, 5.41) is 9.14. The van der Waals surface area contributed by atoms with Gasteiger partial charge in [-0.15, -0.1) is 0 Å². The third-order valence-electron chi connectivity index (χ3n) is 11.3. The Bertz CT molecular complexity index is 3590. The maximum absolute atomic E-state index is 6.46. The van der Waals surface area contributed by atoms with Gasteiger partial charge in [0.05, 0.1) is 22.8 Å². The van der Waals surface area contributed by atoms with Gasteiger partial charge in [0.15, 0.2) is 23.1 Å². The van der Waals surface area contributed by atoms with E-state index in [9.17, 15) is 0 Å². The van der Waals surface area contributed by atoms with E-state index < -0.39 is 0 Å². The lowest BCUT2D eigenvalue weighted by Crippen LogP contribution is -2.01. The average Bonchev–Trinajstić information content (AvgIpc) is 3.85. The largest absolute Gasteiger partial charge is 0.454 e. The van der Waals surface area contributed by atoms with Gasteiger partial charge in [0.25, 0.3) is 0 Å². The Kier molecular flexibility index (Phi) is 7.13. The molecule has 0 atom stereocenters. The summed E-state index contributed by atoms with van der Waals surface area (Å²) in [5.74, 6) is 1.68. The van der Waals surface area contributed by atoms with Crippen molar-refractivity contribution in [1.29, 1.82) is 0 Å². The molecule has 0 bridgehead atoms. The fourth-order valence-electron chi connectivity index (χ4n) is 8.58. The van der Waals surface area contributed by atoms with Crippen molar-refractivity contribution in [2.45, 2.75) is 0 Å². The van der Waals surface area contributed by atoms with Crippen molar-refractivity contribution in [1.82, 2.24) is 24.5 Å². The number of furan rings is 1. The van der Waals surface area contributed by atoms with E-state index in [-0.39, 0.29) is 0 Å². The van der Waals surface area contributed by atoms with E-state index >= 15 is 0 Å². The minimum absolute atomic E-state index is 0.532. The van der Waals surface area contributed by atoms with Crippen molar-refractivity contribution in [2.24, 2.45) is 0 Å². The van der Waals surface area contributed by atoms with E-state index in [0.29, 0.717) is 23.1 Å². The second kappa shape index (κ2) is 12.8. The minimum atomic E-state index is 0.532. The van der Waals surface area contributed by atoms with Crippen LogP contribution in [0.5, 0.6) is 0 Å². The van der Waals surface area contributed by atoms with Crippen LogP contribution in [0.25, 0.3) is 116 Å². The Hall–Kier alpha value is -7.96. The molecule has 0 saturated heterocycles. The number of hydrogen-bond donors (Lipinski definition) is 0. The van der Waals surface area contributed by atoms with Crippen LogP contribution < -0.4 is 0 Å². The molecule has 4 aromatic heterocycles. The molecular formula is C52H31N5O. The van der Waals surface area contributed by atoms with Crippen LogP contribution in [0.3, 0.4) is 0 Å². The van der Waals surface area contributed by atoms with Crippen molar-refractivity contribution >= 4 is 65.3 Å². The lowest BCUT2D eigenvalue weighted by molar-refractivity contribution is 0.667. The SMILES string of the molecule is c1ccc(-c2ccc3ccc(-c4nc(-c5cccc(-n6c7ccccc7c7c8ccccc8ccc76)c5)nc(-c5cccc6c5oc5cnccc56)n4)cc3c2)cc1. The molecule has 8 aromatic carbocycles. The first kappa shape index (κ1) is 32.3. The first-order chi connectivity index (χ1) is 28.7. The van der Waals surface area contributed by atoms with Gasteiger partial charge in [-0.2, -0.15) is 0 Å². The zero-order chi connectivity index (χ0) is 38.2. The fraction of sp³-hybridized carbons (Fsp3) is 0. The molecule has 0 saturated carbocycles. The highest BCUT2D eigenvalue weighted by Gasteiger charge is 2.20. The van der Waals surface area contributed by atoms with Crippen LogP contribution in [0.15, 0.2) is 193 Å². The Labute approximate surface area is 332 Å². The molecule has 0 aliphatic carbocycles. The molecule has 0 N–H and O–H groups in total. The van der Waals surface area contributed by atoms with Gasteiger partial charge in [-0.05, 0) is 81.2 Å². The van der Waals surface area contributed by atoms with Gasteiger partial charge in [-0.3, -0.25) is 4.98 Å². The molecular weight excluding hydrogens is 711 g/mol. The van der Waals surface area contributed by atoms with Gasteiger partial charge < -0.3 is 8.98 Å². The highest BCUT2D eigenvalue weighted by molar-refractivity contribution is 6.21. The van der Waals surface area contributed by atoms with Gasteiger partial charge >= 0.3 is 0 Å². The van der Waals surface area contributed by atoms with E-state index in [4.69, 9.17) is 19.4 Å². The van der Waals surface area contributed by atoms with Crippen molar-refractivity contribution in [2.75, 3.05) is 0 Å². The van der Waals surface area contributed by atoms with E-state index in [1.165, 1.54) is 27.1 Å². The topological polar surface area (TPSA) is 69.6 Å². The molecule has 6 nitrogen and oxygen atoms in total. The van der Waals surface area contributed by atoms with E-state index in [1.54, 1.807) is 12.4 Å². The number of nitrogens with zero attached hydrogens (tertiary/aromatic N) is 5. The number of aromatic nitrogens is 5. The fourth-order valence-corrected chi connectivity index (χ4v) is 8.58. The highest BCUT2D eigenvalue weighted by Crippen LogP contribution is 2.39. The molecule has 0 amide bonds. The second-order valence-corrected chi connectivity index (χ2v) is 14.7. The summed E-state index contributed by atoms with van der Waals surface area (Å²) in [7, 11) is 0. The van der Waals surface area contributed by atoms with Crippen molar-refractivity contribution in [3.8, 4) is 51.0 Å². The smallest absolute Gasteiger partial charge is 0.167 e. The van der Waals surface area contributed by atoms with Crippen molar-refractivity contribution < 1.29 is 4.42 Å². The Balaban J connectivity index is 1.07. The van der Waals surface area contributed by atoms with Gasteiger partial charge in [-0.1, -0.05) is 127 Å². The lowest BCUT2D eigenvalue weighted by Gasteiger charge is -2.12. The molecule has 0 aliphatic heterocycles. The molecule has 0 radical (unpaired) electrons. The molecule has 0 fully saturated rings. The lowest BCUT2D eigenvalue weighted by atomic mass is 10.00. The Morgan fingerprint density at radius 3 is 2.00 bits per heavy atom. The van der Waals surface area contributed by atoms with Crippen LogP contribution in [-0.2, 0) is 0 Å². The number of pyridine rings is 1. The van der Waals surface area contributed by atoms with Crippen LogP contribution in [0.1, 0.15) is 0 Å². The summed E-state index contributed by atoms with van der Waals surface area (Å²) in [6.45, 7) is 0. The molecule has 0 aliphatic rings. The van der Waals surface area contributed by atoms with Crippen LogP contribution >= 0.6 is 0 Å². The normalized spacial score (nSPS) is 11.8. The summed E-state index contributed by atoms with van der Waals surface area (Å²) in [4.78, 5) is 19.9. The monoisotopic (exact) mass is 741 g/mol. The third-order valence-corrected chi connectivity index (χ3v) is 11.3. The predicted molar refractivity (Wildman–Crippen MR) is 236 cm³/mol. The Morgan fingerprint density at radius 1 is 0.414 bits per heavy atom. The van der Waals surface area contributed by atoms with Gasteiger partial charge in [-0.25, -0.2) is 15.0 Å². The molecule has 58 heavy (non-hydrogen) atoms. The zero-order valence-electron chi connectivity index (χ0n) is 31.0. The average molecular weight is 742 g/mol. The maximum Gasteiger partial charge on any atom is 0.167 e. The molecule has 4 heterocycles. The van der Waals surface area contributed by atoms with Crippen LogP contribution in [0, 0.1) is 0 Å². The zero-order valence-corrected chi connectivity index (χ0v) is 31.0.